The van der Waals surface area contributed by atoms with Crippen LogP contribution < -0.4 is 10.6 Å². The third-order valence-corrected chi connectivity index (χ3v) is 5.35. The van der Waals surface area contributed by atoms with Crippen molar-refractivity contribution >= 4 is 17.6 Å². The Morgan fingerprint density at radius 1 is 1.31 bits per heavy atom. The molecule has 1 heterocycles. The summed E-state index contributed by atoms with van der Waals surface area (Å²) in [5, 5.41) is 16.9. The molecule has 0 aromatic heterocycles. The molecular weight excluding hydrogens is 350 g/mol. The average Bonchev–Trinajstić information content (AvgIpc) is 3.10. The minimum absolute atomic E-state index is 0.0303. The average molecular weight is 382 g/mol. The lowest BCUT2D eigenvalue weighted by Crippen LogP contribution is -2.40. The number of nitrogens with one attached hydrogen (secondary N) is 2. The van der Waals surface area contributed by atoms with Crippen LogP contribution in [-0.4, -0.2) is 50.5 Å². The summed E-state index contributed by atoms with van der Waals surface area (Å²) in [6.07, 6.45) is 2.73. The fourth-order valence-electron chi connectivity index (χ4n) is 3.33. The first-order valence-electron chi connectivity index (χ1n) is 9.58. The summed E-state index contributed by atoms with van der Waals surface area (Å²) in [5.74, 6) is 1.22. The van der Waals surface area contributed by atoms with Crippen molar-refractivity contribution in [2.24, 2.45) is 10.4 Å². The zero-order valence-corrected chi connectivity index (χ0v) is 16.7. The second-order valence-corrected chi connectivity index (χ2v) is 7.45. The number of ether oxygens (including phenoxy) is 1. The van der Waals surface area contributed by atoms with Crippen molar-refractivity contribution < 1.29 is 9.84 Å². The second kappa shape index (κ2) is 10.8. The molecule has 0 bridgehead atoms. The topological polar surface area (TPSA) is 65.9 Å². The first-order valence-corrected chi connectivity index (χ1v) is 9.96. The van der Waals surface area contributed by atoms with Crippen LogP contribution in [0.2, 0.25) is 5.02 Å². The van der Waals surface area contributed by atoms with Crippen LogP contribution in [0.5, 0.6) is 0 Å². The third kappa shape index (κ3) is 6.15. The molecule has 1 fully saturated rings. The van der Waals surface area contributed by atoms with Crippen molar-refractivity contribution in [3.63, 3.8) is 0 Å². The summed E-state index contributed by atoms with van der Waals surface area (Å²) in [4.78, 5) is 4.78. The molecule has 0 aliphatic carbocycles. The zero-order chi connectivity index (χ0) is 18.8. The molecule has 146 valence electrons. The molecule has 0 radical (unpaired) electrons. The van der Waals surface area contributed by atoms with Crippen LogP contribution >= 0.6 is 11.6 Å². The fourth-order valence-corrected chi connectivity index (χ4v) is 3.45. The third-order valence-electron chi connectivity index (χ3n) is 5.09. The first-order chi connectivity index (χ1) is 12.6. The van der Waals surface area contributed by atoms with Gasteiger partial charge < -0.3 is 20.5 Å². The number of aliphatic imine (C=N–C) groups is 1. The smallest absolute Gasteiger partial charge is 0.191 e. The molecule has 0 amide bonds. The number of aliphatic hydroxyl groups is 1. The van der Waals surface area contributed by atoms with E-state index in [2.05, 4.69) is 36.6 Å². The molecule has 3 N–H and O–H groups in total. The number of guanidine groups is 1. The van der Waals surface area contributed by atoms with E-state index in [0.29, 0.717) is 19.1 Å². The van der Waals surface area contributed by atoms with Gasteiger partial charge in [0.1, 0.15) is 0 Å². The lowest BCUT2D eigenvalue weighted by Gasteiger charge is -2.25. The number of nitrogens with zero attached hydrogens (tertiary/aromatic N) is 1. The molecule has 0 saturated carbocycles. The minimum atomic E-state index is -0.0303. The van der Waals surface area contributed by atoms with Gasteiger partial charge in [-0.05, 0) is 43.9 Å². The molecule has 1 aromatic rings. The summed E-state index contributed by atoms with van der Waals surface area (Å²) >= 11 is 6.00. The van der Waals surface area contributed by atoms with E-state index in [1.54, 1.807) is 0 Å². The van der Waals surface area contributed by atoms with Gasteiger partial charge in [-0.1, -0.05) is 30.7 Å². The van der Waals surface area contributed by atoms with Crippen molar-refractivity contribution in [2.75, 3.05) is 39.5 Å². The van der Waals surface area contributed by atoms with Crippen LogP contribution in [0, 0.1) is 5.41 Å². The maximum absolute atomic E-state index is 9.37. The lowest BCUT2D eigenvalue weighted by atomic mass is 9.84. The van der Waals surface area contributed by atoms with Gasteiger partial charge in [0.15, 0.2) is 5.96 Å². The molecule has 2 atom stereocenters. The number of hydrogen-bond donors (Lipinski definition) is 3. The lowest BCUT2D eigenvalue weighted by molar-refractivity contribution is 0.131. The standard InChI is InChI=1S/C20H32ClN3O2/c1-3-16(17-5-7-18(21)8-6-17)13-23-19(22-4-2)24-14-20(9-11-25)10-12-26-15-20/h5-8,16,25H,3-4,9-15H2,1-2H3,(H2,22,23,24). The predicted molar refractivity (Wildman–Crippen MR) is 108 cm³/mol. The number of aliphatic hydroxyl groups excluding tert-OH is 1. The van der Waals surface area contributed by atoms with Crippen LogP contribution in [0.4, 0.5) is 0 Å². The molecule has 26 heavy (non-hydrogen) atoms. The van der Waals surface area contributed by atoms with E-state index in [4.69, 9.17) is 21.3 Å². The highest BCUT2D eigenvalue weighted by Crippen LogP contribution is 2.32. The second-order valence-electron chi connectivity index (χ2n) is 7.01. The van der Waals surface area contributed by atoms with Crippen molar-refractivity contribution in [3.8, 4) is 0 Å². The highest BCUT2D eigenvalue weighted by atomic mass is 35.5. The van der Waals surface area contributed by atoms with Crippen LogP contribution in [0.15, 0.2) is 29.3 Å². The van der Waals surface area contributed by atoms with Gasteiger partial charge in [-0.25, -0.2) is 0 Å². The molecule has 1 aromatic carbocycles. The van der Waals surface area contributed by atoms with Crippen LogP contribution in [0.3, 0.4) is 0 Å². The summed E-state index contributed by atoms with van der Waals surface area (Å²) in [5.41, 5.74) is 1.25. The SMILES string of the molecule is CCNC(=NCC1(CCO)CCOC1)NCC(CC)c1ccc(Cl)cc1. The van der Waals surface area contributed by atoms with Gasteiger partial charge >= 0.3 is 0 Å². The van der Waals surface area contributed by atoms with E-state index in [1.807, 2.05) is 12.1 Å². The quantitative estimate of drug-likeness (QED) is 0.454. The Balaban J connectivity index is 1.98. The van der Waals surface area contributed by atoms with Crippen molar-refractivity contribution in [1.82, 2.24) is 10.6 Å². The van der Waals surface area contributed by atoms with E-state index in [1.165, 1.54) is 5.56 Å². The highest BCUT2D eigenvalue weighted by Gasteiger charge is 2.34. The molecule has 1 saturated heterocycles. The number of rotatable bonds is 9. The number of hydrogen-bond acceptors (Lipinski definition) is 3. The molecular formula is C20H32ClN3O2. The monoisotopic (exact) mass is 381 g/mol. The largest absolute Gasteiger partial charge is 0.396 e. The number of benzene rings is 1. The van der Waals surface area contributed by atoms with E-state index in [-0.39, 0.29) is 12.0 Å². The van der Waals surface area contributed by atoms with Crippen molar-refractivity contribution in [3.05, 3.63) is 34.9 Å². The van der Waals surface area contributed by atoms with E-state index in [9.17, 15) is 5.11 Å². The van der Waals surface area contributed by atoms with Gasteiger partial charge in [-0.2, -0.15) is 0 Å². The molecule has 2 rings (SSSR count). The van der Waals surface area contributed by atoms with Crippen molar-refractivity contribution in [2.45, 2.75) is 39.0 Å². The maximum Gasteiger partial charge on any atom is 0.191 e. The van der Waals surface area contributed by atoms with E-state index >= 15 is 0 Å². The summed E-state index contributed by atoms with van der Waals surface area (Å²) in [7, 11) is 0. The van der Waals surface area contributed by atoms with Gasteiger partial charge in [0, 0.05) is 42.7 Å². The Labute approximate surface area is 162 Å². The van der Waals surface area contributed by atoms with Gasteiger partial charge in [0.05, 0.1) is 13.2 Å². The molecule has 6 heteroatoms. The van der Waals surface area contributed by atoms with Crippen LogP contribution in [0.1, 0.15) is 44.6 Å². The molecule has 1 aliphatic heterocycles. The predicted octanol–water partition coefficient (Wildman–Crippen LogP) is 3.18. The molecule has 0 spiro atoms. The van der Waals surface area contributed by atoms with Gasteiger partial charge in [0.2, 0.25) is 0 Å². The number of halogens is 1. The Hall–Kier alpha value is -1.30. The highest BCUT2D eigenvalue weighted by molar-refractivity contribution is 6.30. The zero-order valence-electron chi connectivity index (χ0n) is 15.9. The summed E-state index contributed by atoms with van der Waals surface area (Å²) < 4.78 is 5.56. The van der Waals surface area contributed by atoms with Gasteiger partial charge in [-0.3, -0.25) is 4.99 Å². The van der Waals surface area contributed by atoms with E-state index < -0.39 is 0 Å². The Kier molecular flexibility index (Phi) is 8.69. The minimum Gasteiger partial charge on any atom is -0.396 e. The Bertz CT molecular complexity index is 557. The summed E-state index contributed by atoms with van der Waals surface area (Å²) in [6, 6.07) is 8.07. The van der Waals surface area contributed by atoms with Crippen LogP contribution in [0.25, 0.3) is 0 Å². The Morgan fingerprint density at radius 2 is 2.08 bits per heavy atom. The normalized spacial score (nSPS) is 21.6. The Morgan fingerprint density at radius 3 is 2.65 bits per heavy atom. The summed E-state index contributed by atoms with van der Waals surface area (Å²) in [6.45, 7) is 8.16. The maximum atomic E-state index is 9.37. The fraction of sp³-hybridized carbons (Fsp3) is 0.650. The van der Waals surface area contributed by atoms with Gasteiger partial charge in [-0.15, -0.1) is 0 Å². The van der Waals surface area contributed by atoms with Crippen molar-refractivity contribution in [1.29, 1.82) is 0 Å². The first kappa shape index (κ1) is 21.0. The molecule has 1 aliphatic rings. The van der Waals surface area contributed by atoms with Gasteiger partial charge in [0.25, 0.3) is 0 Å². The molecule has 5 nitrogen and oxygen atoms in total. The van der Waals surface area contributed by atoms with E-state index in [0.717, 1.165) is 49.9 Å². The molecule has 2 unspecified atom stereocenters. The van der Waals surface area contributed by atoms with Crippen LogP contribution in [-0.2, 0) is 4.74 Å².